The zero-order chi connectivity index (χ0) is 17.6. The highest BCUT2D eigenvalue weighted by Gasteiger charge is 2.27. The van der Waals surface area contributed by atoms with Crippen LogP contribution in [0.15, 0.2) is 30.5 Å². The van der Waals surface area contributed by atoms with Crippen LogP contribution in [0, 0.1) is 13.8 Å². The number of nitrogens with zero attached hydrogens (tertiary/aromatic N) is 1. The minimum absolute atomic E-state index is 0.133. The summed E-state index contributed by atoms with van der Waals surface area (Å²) < 4.78 is 2.24. The van der Waals surface area contributed by atoms with E-state index in [1.807, 2.05) is 0 Å². The molecule has 124 valence electrons. The summed E-state index contributed by atoms with van der Waals surface area (Å²) in [5.41, 5.74) is 8.45. The van der Waals surface area contributed by atoms with Crippen molar-refractivity contribution in [2.24, 2.45) is 7.05 Å². The minimum Gasteiger partial charge on any atom is -0.201 e. The van der Waals surface area contributed by atoms with E-state index >= 15 is 0 Å². The summed E-state index contributed by atoms with van der Waals surface area (Å²) in [5, 5.41) is 0. The molecule has 0 amide bonds. The monoisotopic (exact) mass is 310 g/mol. The van der Waals surface area contributed by atoms with Crippen LogP contribution in [-0.4, -0.2) is 0 Å². The van der Waals surface area contributed by atoms with Crippen molar-refractivity contribution in [3.63, 3.8) is 0 Å². The van der Waals surface area contributed by atoms with Crippen molar-refractivity contribution < 1.29 is 4.57 Å². The Labute approximate surface area is 142 Å². The van der Waals surface area contributed by atoms with E-state index in [1.54, 1.807) is 0 Å². The zero-order valence-corrected chi connectivity index (χ0v) is 16.3. The summed E-state index contributed by atoms with van der Waals surface area (Å²) in [5.74, 6) is 0. The maximum absolute atomic E-state index is 2.42. The normalized spacial score (nSPS) is 12.6. The van der Waals surface area contributed by atoms with Gasteiger partial charge in [0.05, 0.1) is 0 Å². The molecule has 0 N–H and O–H groups in total. The fraction of sp³-hybridized carbons (Fsp3) is 0.500. The molecule has 23 heavy (non-hydrogen) atoms. The van der Waals surface area contributed by atoms with Crippen molar-refractivity contribution in [1.29, 1.82) is 0 Å². The van der Waals surface area contributed by atoms with Crippen LogP contribution in [0.3, 0.4) is 0 Å². The van der Waals surface area contributed by atoms with Gasteiger partial charge in [-0.1, -0.05) is 47.6 Å². The Morgan fingerprint density at radius 2 is 1.30 bits per heavy atom. The lowest BCUT2D eigenvalue weighted by molar-refractivity contribution is -0.660. The van der Waals surface area contributed by atoms with Gasteiger partial charge in [0.1, 0.15) is 7.05 Å². The SMILES string of the molecule is Cc1ccc(-c2cc(C(C)(C)C)c(C(C)(C)C)cc2C)[n+](C)c1. The predicted octanol–water partition coefficient (Wildman–Crippen LogP) is 5.39. The Kier molecular flexibility index (Phi) is 4.45. The van der Waals surface area contributed by atoms with Gasteiger partial charge in [-0.25, -0.2) is 4.57 Å². The molecule has 0 aliphatic rings. The van der Waals surface area contributed by atoms with Gasteiger partial charge in [-0.15, -0.1) is 0 Å². The maximum atomic E-state index is 2.42. The second-order valence-corrected chi connectivity index (χ2v) is 8.92. The molecule has 2 aromatic rings. The number of pyridine rings is 1. The first-order valence-electron chi connectivity index (χ1n) is 8.53. The van der Waals surface area contributed by atoms with E-state index in [-0.39, 0.29) is 10.8 Å². The third-order valence-electron chi connectivity index (χ3n) is 4.54. The van der Waals surface area contributed by atoms with Crippen LogP contribution in [0.5, 0.6) is 0 Å². The van der Waals surface area contributed by atoms with Crippen molar-refractivity contribution in [2.45, 2.75) is 66.2 Å². The van der Waals surface area contributed by atoms with Crippen LogP contribution in [0.1, 0.15) is 63.8 Å². The molecular formula is C22H32N+. The van der Waals surface area contributed by atoms with Crippen molar-refractivity contribution in [1.82, 2.24) is 0 Å². The van der Waals surface area contributed by atoms with E-state index in [0.717, 1.165) is 0 Å². The Morgan fingerprint density at radius 1 is 0.783 bits per heavy atom. The third kappa shape index (κ3) is 3.65. The van der Waals surface area contributed by atoms with Crippen LogP contribution in [-0.2, 0) is 17.9 Å². The van der Waals surface area contributed by atoms with Gasteiger partial charge in [0.25, 0.3) is 0 Å². The number of aryl methyl sites for hydroxylation is 3. The lowest BCUT2D eigenvalue weighted by atomic mass is 9.73. The molecule has 0 radical (unpaired) electrons. The molecule has 1 nitrogen and oxygen atoms in total. The number of benzene rings is 1. The minimum atomic E-state index is 0.133. The van der Waals surface area contributed by atoms with Crippen molar-refractivity contribution in [3.8, 4) is 11.3 Å². The van der Waals surface area contributed by atoms with Gasteiger partial charge in [-0.05, 0) is 53.5 Å². The molecule has 0 spiro atoms. The Bertz CT molecular complexity index is 725. The summed E-state index contributed by atoms with van der Waals surface area (Å²) in [6, 6.07) is 9.25. The molecule has 0 bridgehead atoms. The number of rotatable bonds is 1. The first kappa shape index (κ1) is 17.7. The summed E-state index contributed by atoms with van der Waals surface area (Å²) in [6.07, 6.45) is 2.20. The van der Waals surface area contributed by atoms with Gasteiger partial charge in [-0.3, -0.25) is 0 Å². The molecule has 0 aliphatic heterocycles. The van der Waals surface area contributed by atoms with Crippen molar-refractivity contribution in [2.75, 3.05) is 0 Å². The second-order valence-electron chi connectivity index (χ2n) is 8.92. The fourth-order valence-corrected chi connectivity index (χ4v) is 3.25. The molecular weight excluding hydrogens is 278 g/mol. The molecule has 0 fully saturated rings. The molecule has 1 aromatic carbocycles. The van der Waals surface area contributed by atoms with Gasteiger partial charge in [-0.2, -0.15) is 0 Å². The first-order chi connectivity index (χ1) is 10.4. The van der Waals surface area contributed by atoms with Crippen LogP contribution in [0.2, 0.25) is 0 Å². The molecule has 2 rings (SSSR count). The Balaban J connectivity index is 2.77. The molecule has 0 unspecified atom stereocenters. The van der Waals surface area contributed by atoms with E-state index in [9.17, 15) is 0 Å². The van der Waals surface area contributed by atoms with Crippen LogP contribution in [0.4, 0.5) is 0 Å². The molecule has 0 atom stereocenters. The van der Waals surface area contributed by atoms with Gasteiger partial charge in [0.15, 0.2) is 6.20 Å². The first-order valence-corrected chi connectivity index (χ1v) is 8.53. The smallest absolute Gasteiger partial charge is 0.201 e. The highest BCUT2D eigenvalue weighted by Crippen LogP contribution is 2.37. The summed E-state index contributed by atoms with van der Waals surface area (Å²) in [4.78, 5) is 0. The molecule has 0 saturated heterocycles. The van der Waals surface area contributed by atoms with E-state index in [4.69, 9.17) is 0 Å². The summed E-state index contributed by atoms with van der Waals surface area (Å²) in [6.45, 7) is 18.2. The Hall–Kier alpha value is -1.63. The van der Waals surface area contributed by atoms with Crippen molar-refractivity contribution >= 4 is 0 Å². The summed E-state index contributed by atoms with van der Waals surface area (Å²) >= 11 is 0. The molecule has 1 heteroatoms. The van der Waals surface area contributed by atoms with Gasteiger partial charge in [0.2, 0.25) is 5.69 Å². The second kappa shape index (κ2) is 5.78. The van der Waals surface area contributed by atoms with E-state index in [0.29, 0.717) is 0 Å². The summed E-state index contributed by atoms with van der Waals surface area (Å²) in [7, 11) is 2.14. The van der Waals surface area contributed by atoms with Crippen LogP contribution in [0.25, 0.3) is 11.3 Å². The number of hydrogen-bond donors (Lipinski definition) is 0. The molecule has 1 heterocycles. The largest absolute Gasteiger partial charge is 0.212 e. The Morgan fingerprint density at radius 3 is 1.78 bits per heavy atom. The van der Waals surface area contributed by atoms with Crippen LogP contribution >= 0.6 is 0 Å². The molecule has 0 aliphatic carbocycles. The van der Waals surface area contributed by atoms with Crippen LogP contribution < -0.4 is 4.57 Å². The van der Waals surface area contributed by atoms with Gasteiger partial charge < -0.3 is 0 Å². The van der Waals surface area contributed by atoms with Gasteiger partial charge >= 0.3 is 0 Å². The lowest BCUT2D eigenvalue weighted by Gasteiger charge is -2.31. The van der Waals surface area contributed by atoms with E-state index < -0.39 is 0 Å². The van der Waals surface area contributed by atoms with Crippen molar-refractivity contribution in [3.05, 3.63) is 52.7 Å². The average molecular weight is 311 g/mol. The number of hydrogen-bond acceptors (Lipinski definition) is 0. The average Bonchev–Trinajstić information content (AvgIpc) is 2.36. The zero-order valence-electron chi connectivity index (χ0n) is 16.3. The number of aromatic nitrogens is 1. The fourth-order valence-electron chi connectivity index (χ4n) is 3.25. The van der Waals surface area contributed by atoms with E-state index in [2.05, 4.69) is 97.5 Å². The highest BCUT2D eigenvalue weighted by atomic mass is 14.9. The van der Waals surface area contributed by atoms with Gasteiger partial charge in [0, 0.05) is 17.2 Å². The topological polar surface area (TPSA) is 3.88 Å². The third-order valence-corrected chi connectivity index (χ3v) is 4.54. The predicted molar refractivity (Wildman–Crippen MR) is 99.9 cm³/mol. The molecule has 0 saturated carbocycles. The lowest BCUT2D eigenvalue weighted by Crippen LogP contribution is -2.31. The highest BCUT2D eigenvalue weighted by molar-refractivity contribution is 5.65. The molecule has 1 aromatic heterocycles. The van der Waals surface area contributed by atoms with E-state index in [1.165, 1.54) is 33.5 Å². The quantitative estimate of drug-likeness (QED) is 0.622. The standard InChI is InChI=1S/C22H32N/c1-15-10-11-20(23(9)14-15)17-13-19(22(6,7)8)18(12-16(17)2)21(3,4)5/h10-14H,1-9H3/q+1. The maximum Gasteiger partial charge on any atom is 0.212 e.